The van der Waals surface area contributed by atoms with Crippen molar-refractivity contribution in [2.75, 3.05) is 0 Å². The fraction of sp³-hybridized carbons (Fsp3) is 0.111. The summed E-state index contributed by atoms with van der Waals surface area (Å²) in [7, 11) is 0. The van der Waals surface area contributed by atoms with Crippen molar-refractivity contribution in [1.29, 1.82) is 5.41 Å². The first-order valence-electron chi connectivity index (χ1n) is 3.51. The first-order chi connectivity index (χ1) is 5.74. The lowest BCUT2D eigenvalue weighted by Gasteiger charge is -1.99. The van der Waals surface area contributed by atoms with E-state index in [0.29, 0.717) is 5.70 Å². The zero-order chi connectivity index (χ0) is 9.40. The van der Waals surface area contributed by atoms with Crippen LogP contribution in [0.25, 0.3) is 0 Å². The third-order valence-corrected chi connectivity index (χ3v) is 1.12. The molecule has 0 atom stereocenters. The number of rotatable bonds is 4. The van der Waals surface area contributed by atoms with Gasteiger partial charge in [-0.15, -0.1) is 0 Å². The highest BCUT2D eigenvalue weighted by Crippen LogP contribution is 1.90. The topological polar surface area (TPSA) is 53.0 Å². The minimum absolute atomic E-state index is 0.434. The summed E-state index contributed by atoms with van der Waals surface area (Å²) in [5.74, 6) is -0.434. The van der Waals surface area contributed by atoms with E-state index >= 15 is 0 Å². The van der Waals surface area contributed by atoms with Gasteiger partial charge in [-0.1, -0.05) is 24.8 Å². The van der Waals surface area contributed by atoms with Gasteiger partial charge in [0.25, 0.3) is 5.91 Å². The molecule has 0 aromatic heterocycles. The molecule has 0 aromatic rings. The minimum Gasteiger partial charge on any atom is -0.322 e. The summed E-state index contributed by atoms with van der Waals surface area (Å²) in [6.45, 7) is 5.29. The van der Waals surface area contributed by atoms with E-state index in [1.807, 2.05) is 0 Å². The second-order valence-corrected chi connectivity index (χ2v) is 1.97. The molecule has 0 aliphatic rings. The lowest BCUT2D eigenvalue weighted by molar-refractivity contribution is -0.113. The minimum atomic E-state index is -0.434. The molecule has 1 amide bonds. The number of amides is 1. The first kappa shape index (κ1) is 10.4. The molecule has 3 nitrogen and oxygen atoms in total. The predicted molar refractivity (Wildman–Crippen MR) is 50.0 cm³/mol. The maximum Gasteiger partial charge on any atom is 0.266 e. The second kappa shape index (κ2) is 6.09. The van der Waals surface area contributed by atoms with E-state index in [9.17, 15) is 4.79 Å². The predicted octanol–water partition coefficient (Wildman–Crippen LogP) is 1.40. The monoisotopic (exact) mass is 164 g/mol. The van der Waals surface area contributed by atoms with Crippen LogP contribution >= 0.6 is 0 Å². The Labute approximate surface area is 72.0 Å². The molecule has 12 heavy (non-hydrogen) atoms. The van der Waals surface area contributed by atoms with Gasteiger partial charge in [-0.25, -0.2) is 0 Å². The summed E-state index contributed by atoms with van der Waals surface area (Å²) >= 11 is 0. The molecule has 0 spiro atoms. The number of carbonyl (C=O) groups excluding carboxylic acids is 1. The summed E-state index contributed by atoms with van der Waals surface area (Å²) in [5, 5.41) is 9.14. The zero-order valence-electron chi connectivity index (χ0n) is 7.00. The zero-order valence-corrected chi connectivity index (χ0v) is 7.00. The Hall–Kier alpha value is -1.64. The fourth-order valence-electron chi connectivity index (χ4n) is 0.560. The molecule has 0 radical (unpaired) electrons. The summed E-state index contributed by atoms with van der Waals surface area (Å²) < 4.78 is 0. The first-order valence-corrected chi connectivity index (χ1v) is 3.51. The molecule has 64 valence electrons. The normalized spacial score (nSPS) is 11.2. The molecule has 2 N–H and O–H groups in total. The molecule has 0 aromatic carbocycles. The van der Waals surface area contributed by atoms with E-state index in [2.05, 4.69) is 11.9 Å². The summed E-state index contributed by atoms with van der Waals surface area (Å²) in [6, 6.07) is 0. The van der Waals surface area contributed by atoms with Crippen LogP contribution in [0.3, 0.4) is 0 Å². The van der Waals surface area contributed by atoms with Gasteiger partial charge in [-0.3, -0.25) is 4.79 Å². The molecular formula is C9H12N2O. The molecule has 0 aliphatic carbocycles. The van der Waals surface area contributed by atoms with Gasteiger partial charge in [-0.05, 0) is 13.0 Å². The van der Waals surface area contributed by atoms with E-state index < -0.39 is 5.91 Å². The fourth-order valence-corrected chi connectivity index (χ4v) is 0.560. The van der Waals surface area contributed by atoms with Crippen molar-refractivity contribution in [2.24, 2.45) is 0 Å². The molecule has 0 rings (SSSR count). The number of nitrogens with one attached hydrogen (secondary N) is 2. The largest absolute Gasteiger partial charge is 0.322 e. The molecule has 0 unspecified atom stereocenters. The van der Waals surface area contributed by atoms with E-state index in [1.165, 1.54) is 0 Å². The maximum absolute atomic E-state index is 10.7. The maximum atomic E-state index is 10.7. The Morgan fingerprint density at radius 2 is 2.25 bits per heavy atom. The van der Waals surface area contributed by atoms with Crippen molar-refractivity contribution < 1.29 is 4.79 Å². The summed E-state index contributed by atoms with van der Waals surface area (Å²) in [4.78, 5) is 10.7. The van der Waals surface area contributed by atoms with Crippen LogP contribution in [0.4, 0.5) is 0 Å². The molecule has 0 fully saturated rings. The Balaban J connectivity index is 4.19. The van der Waals surface area contributed by atoms with Gasteiger partial charge in [0, 0.05) is 5.70 Å². The Morgan fingerprint density at radius 1 is 1.58 bits per heavy atom. The van der Waals surface area contributed by atoms with Gasteiger partial charge in [0.2, 0.25) is 0 Å². The van der Waals surface area contributed by atoms with Crippen LogP contribution in [0.15, 0.2) is 36.6 Å². The van der Waals surface area contributed by atoms with Crippen molar-refractivity contribution in [3.63, 3.8) is 0 Å². The van der Waals surface area contributed by atoms with Crippen molar-refractivity contribution in [1.82, 2.24) is 5.32 Å². The molecular weight excluding hydrogens is 152 g/mol. The van der Waals surface area contributed by atoms with Crippen LogP contribution in [0.5, 0.6) is 0 Å². The Kier molecular flexibility index (Phi) is 5.26. The second-order valence-electron chi connectivity index (χ2n) is 1.97. The molecule has 0 aliphatic heterocycles. The molecule has 0 heterocycles. The Bertz CT molecular complexity index is 239. The van der Waals surface area contributed by atoms with E-state index in [1.54, 1.807) is 31.2 Å². The van der Waals surface area contributed by atoms with Gasteiger partial charge >= 0.3 is 0 Å². The lowest BCUT2D eigenvalue weighted by atomic mass is 10.3. The van der Waals surface area contributed by atoms with Gasteiger partial charge in [-0.2, -0.15) is 0 Å². The number of carbonyl (C=O) groups is 1. The molecule has 0 bridgehead atoms. The average molecular weight is 164 g/mol. The van der Waals surface area contributed by atoms with Crippen LogP contribution < -0.4 is 5.32 Å². The van der Waals surface area contributed by atoms with E-state index in [4.69, 9.17) is 5.41 Å². The third-order valence-electron chi connectivity index (χ3n) is 1.12. The van der Waals surface area contributed by atoms with Gasteiger partial charge in [0.1, 0.15) is 0 Å². The standard InChI is InChI=1S/C9H12N2O/c1-3-5-6-8(4-2)11-9(12)7-10/h3-7,10H,1H2,2H3,(H,11,12)/b6-5-,8-4+,10-7?. The lowest BCUT2D eigenvalue weighted by Crippen LogP contribution is -2.22. The van der Waals surface area contributed by atoms with Crippen molar-refractivity contribution in [3.8, 4) is 0 Å². The van der Waals surface area contributed by atoms with Crippen molar-refractivity contribution in [2.45, 2.75) is 6.92 Å². The average Bonchev–Trinajstić information content (AvgIpc) is 2.11. The number of hydrogen-bond donors (Lipinski definition) is 2. The van der Waals surface area contributed by atoms with E-state index in [-0.39, 0.29) is 0 Å². The van der Waals surface area contributed by atoms with Crippen LogP contribution in [0, 0.1) is 5.41 Å². The van der Waals surface area contributed by atoms with Gasteiger partial charge in [0.05, 0.1) is 6.21 Å². The van der Waals surface area contributed by atoms with Crippen LogP contribution in [-0.4, -0.2) is 12.1 Å². The highest BCUT2D eigenvalue weighted by molar-refractivity contribution is 6.25. The Morgan fingerprint density at radius 3 is 2.67 bits per heavy atom. The van der Waals surface area contributed by atoms with Crippen LogP contribution in [-0.2, 0) is 4.79 Å². The highest BCUT2D eigenvalue weighted by atomic mass is 16.1. The van der Waals surface area contributed by atoms with Crippen molar-refractivity contribution in [3.05, 3.63) is 36.6 Å². The summed E-state index contributed by atoms with van der Waals surface area (Å²) in [5.41, 5.74) is 0.656. The SMILES string of the molecule is C=C/C=C\C(=C/C)NC(=O)C=N. The smallest absolute Gasteiger partial charge is 0.266 e. The molecule has 0 saturated heterocycles. The van der Waals surface area contributed by atoms with Gasteiger partial charge in [0.15, 0.2) is 0 Å². The van der Waals surface area contributed by atoms with Crippen molar-refractivity contribution >= 4 is 12.1 Å². The van der Waals surface area contributed by atoms with Crippen LogP contribution in [0.1, 0.15) is 6.92 Å². The number of allylic oxidation sites excluding steroid dienone is 4. The molecule has 3 heteroatoms. The van der Waals surface area contributed by atoms with Crippen LogP contribution in [0.2, 0.25) is 0 Å². The van der Waals surface area contributed by atoms with Gasteiger partial charge < -0.3 is 10.7 Å². The summed E-state index contributed by atoms with van der Waals surface area (Å²) in [6.07, 6.45) is 7.49. The third kappa shape index (κ3) is 4.22. The molecule has 0 saturated carbocycles. The quantitative estimate of drug-likeness (QED) is 0.479. The van der Waals surface area contributed by atoms with E-state index in [0.717, 1.165) is 6.21 Å². The number of hydrogen-bond acceptors (Lipinski definition) is 2. The highest BCUT2D eigenvalue weighted by Gasteiger charge is 1.94.